The second-order valence-electron chi connectivity index (χ2n) is 2.33. The smallest absolute Gasteiger partial charge is 0.0562 e. The Kier molecular flexibility index (Phi) is 3.17. The van der Waals surface area contributed by atoms with Gasteiger partial charge in [-0.25, -0.2) is 0 Å². The van der Waals surface area contributed by atoms with Crippen LogP contribution in [0, 0.1) is 6.92 Å². The monoisotopic (exact) mass is 170 g/mol. The van der Waals surface area contributed by atoms with Crippen LogP contribution in [0.1, 0.15) is 17.7 Å². The van der Waals surface area contributed by atoms with Gasteiger partial charge in [0.15, 0.2) is 0 Å². The maximum atomic E-state index is 5.51. The van der Waals surface area contributed by atoms with E-state index in [4.69, 9.17) is 11.6 Å². The third-order valence-corrected chi connectivity index (χ3v) is 1.66. The van der Waals surface area contributed by atoms with Gasteiger partial charge in [-0.3, -0.25) is 5.10 Å². The molecular formula is C8H11ClN2. The number of H-pyrrole nitrogens is 1. The van der Waals surface area contributed by atoms with Crippen molar-refractivity contribution in [1.29, 1.82) is 0 Å². The van der Waals surface area contributed by atoms with Crippen molar-refractivity contribution in [1.82, 2.24) is 10.2 Å². The molecule has 0 aromatic carbocycles. The minimum absolute atomic E-state index is 0.674. The molecule has 1 aromatic rings. The number of hydrogen-bond acceptors (Lipinski definition) is 1. The van der Waals surface area contributed by atoms with E-state index >= 15 is 0 Å². The summed E-state index contributed by atoms with van der Waals surface area (Å²) >= 11 is 5.51. The molecule has 2 nitrogen and oxygen atoms in total. The Morgan fingerprint density at radius 2 is 2.55 bits per heavy atom. The molecule has 0 aliphatic carbocycles. The molecule has 3 heteroatoms. The quantitative estimate of drug-likeness (QED) is 0.694. The van der Waals surface area contributed by atoms with E-state index in [-0.39, 0.29) is 0 Å². The van der Waals surface area contributed by atoms with Crippen molar-refractivity contribution in [2.24, 2.45) is 0 Å². The topological polar surface area (TPSA) is 28.7 Å². The minimum atomic E-state index is 0.674. The fraction of sp³-hybridized carbons (Fsp3) is 0.375. The first-order valence-electron chi connectivity index (χ1n) is 3.57. The van der Waals surface area contributed by atoms with Crippen LogP contribution in [-0.2, 0) is 0 Å². The predicted octanol–water partition coefficient (Wildman–Crippen LogP) is 2.36. The number of aryl methyl sites for hydroxylation is 1. The maximum absolute atomic E-state index is 5.51. The number of aromatic nitrogens is 2. The highest BCUT2D eigenvalue weighted by Crippen LogP contribution is 2.05. The summed E-state index contributed by atoms with van der Waals surface area (Å²) in [5, 5.41) is 6.75. The zero-order valence-corrected chi connectivity index (χ0v) is 7.23. The molecule has 0 aliphatic heterocycles. The van der Waals surface area contributed by atoms with Crippen LogP contribution in [0.2, 0.25) is 0 Å². The van der Waals surface area contributed by atoms with Crippen LogP contribution in [0.3, 0.4) is 0 Å². The highest BCUT2D eigenvalue weighted by atomic mass is 35.5. The number of rotatable bonds is 3. The second-order valence-corrected chi connectivity index (χ2v) is 2.71. The number of aromatic amines is 1. The molecule has 0 aliphatic rings. The fourth-order valence-electron chi connectivity index (χ4n) is 0.801. The molecule has 0 saturated heterocycles. The second kappa shape index (κ2) is 4.19. The van der Waals surface area contributed by atoms with Crippen LogP contribution < -0.4 is 0 Å². The maximum Gasteiger partial charge on any atom is 0.0562 e. The number of halogens is 1. The third-order valence-electron chi connectivity index (χ3n) is 1.44. The van der Waals surface area contributed by atoms with Gasteiger partial charge in [0.2, 0.25) is 0 Å². The molecular weight excluding hydrogens is 160 g/mol. The molecule has 0 unspecified atom stereocenters. The van der Waals surface area contributed by atoms with E-state index < -0.39 is 0 Å². The summed E-state index contributed by atoms with van der Waals surface area (Å²) in [6.07, 6.45) is 6.79. The molecule has 60 valence electrons. The molecule has 0 spiro atoms. The lowest BCUT2D eigenvalue weighted by Gasteiger charge is -1.86. The molecule has 1 heterocycles. The molecule has 0 fully saturated rings. The number of nitrogens with one attached hydrogen (secondary N) is 1. The molecule has 11 heavy (non-hydrogen) atoms. The predicted molar refractivity (Wildman–Crippen MR) is 47.7 cm³/mol. The lowest BCUT2D eigenvalue weighted by Crippen LogP contribution is -1.73. The van der Waals surface area contributed by atoms with Gasteiger partial charge in [-0.2, -0.15) is 5.10 Å². The van der Waals surface area contributed by atoms with Crippen molar-refractivity contribution in [3.8, 4) is 0 Å². The Morgan fingerprint density at radius 3 is 3.09 bits per heavy atom. The zero-order valence-electron chi connectivity index (χ0n) is 6.47. The Morgan fingerprint density at radius 1 is 1.73 bits per heavy atom. The number of allylic oxidation sites excluding steroid dienone is 1. The Labute approximate surface area is 71.3 Å². The Hall–Kier alpha value is -0.760. The average molecular weight is 171 g/mol. The molecule has 0 amide bonds. The molecule has 0 bridgehead atoms. The van der Waals surface area contributed by atoms with Crippen LogP contribution in [0.5, 0.6) is 0 Å². The standard InChI is InChI=1S/C8H11ClN2/c1-7-8(6-10-11-7)4-2-3-5-9/h2,4,6H,3,5H2,1H3,(H,10,11). The normalized spacial score (nSPS) is 11.1. The number of hydrogen-bond donors (Lipinski definition) is 1. The highest BCUT2D eigenvalue weighted by molar-refractivity contribution is 6.17. The van der Waals surface area contributed by atoms with Gasteiger partial charge in [0.05, 0.1) is 6.20 Å². The van der Waals surface area contributed by atoms with E-state index in [1.165, 1.54) is 0 Å². The summed E-state index contributed by atoms with van der Waals surface area (Å²) in [6, 6.07) is 0. The van der Waals surface area contributed by atoms with Gasteiger partial charge < -0.3 is 0 Å². The molecule has 0 saturated carbocycles. The van der Waals surface area contributed by atoms with E-state index in [1.807, 2.05) is 19.1 Å². The molecule has 1 rings (SSSR count). The molecule has 0 radical (unpaired) electrons. The van der Waals surface area contributed by atoms with Crippen LogP contribution in [-0.4, -0.2) is 16.1 Å². The van der Waals surface area contributed by atoms with Gasteiger partial charge in [0, 0.05) is 17.1 Å². The van der Waals surface area contributed by atoms with Crippen molar-refractivity contribution >= 4 is 17.7 Å². The lowest BCUT2D eigenvalue weighted by molar-refractivity contribution is 1.05. The lowest BCUT2D eigenvalue weighted by atomic mass is 10.2. The van der Waals surface area contributed by atoms with Crippen LogP contribution in [0.4, 0.5) is 0 Å². The third kappa shape index (κ3) is 2.39. The van der Waals surface area contributed by atoms with E-state index in [1.54, 1.807) is 6.20 Å². The van der Waals surface area contributed by atoms with Crippen molar-refractivity contribution in [2.45, 2.75) is 13.3 Å². The Bertz CT molecular complexity index is 240. The SMILES string of the molecule is Cc1[nH]ncc1C=CCCCl. The highest BCUT2D eigenvalue weighted by Gasteiger charge is 1.92. The number of alkyl halides is 1. The van der Waals surface area contributed by atoms with Crippen molar-refractivity contribution < 1.29 is 0 Å². The molecule has 1 aromatic heterocycles. The van der Waals surface area contributed by atoms with Gasteiger partial charge in [0.25, 0.3) is 0 Å². The summed E-state index contributed by atoms with van der Waals surface area (Å²) < 4.78 is 0. The summed E-state index contributed by atoms with van der Waals surface area (Å²) in [5.41, 5.74) is 2.23. The average Bonchev–Trinajstić information content (AvgIpc) is 2.37. The van der Waals surface area contributed by atoms with Crippen LogP contribution >= 0.6 is 11.6 Å². The first kappa shape index (κ1) is 8.34. The summed E-state index contributed by atoms with van der Waals surface area (Å²) in [7, 11) is 0. The van der Waals surface area contributed by atoms with Gasteiger partial charge in [-0.05, 0) is 13.3 Å². The largest absolute Gasteiger partial charge is 0.282 e. The van der Waals surface area contributed by atoms with Gasteiger partial charge >= 0.3 is 0 Å². The molecule has 0 atom stereocenters. The van der Waals surface area contributed by atoms with Gasteiger partial charge in [-0.1, -0.05) is 12.2 Å². The van der Waals surface area contributed by atoms with E-state index in [9.17, 15) is 0 Å². The van der Waals surface area contributed by atoms with Crippen molar-refractivity contribution in [2.75, 3.05) is 5.88 Å². The summed E-state index contributed by atoms with van der Waals surface area (Å²) in [5.74, 6) is 0.674. The van der Waals surface area contributed by atoms with Crippen molar-refractivity contribution in [3.63, 3.8) is 0 Å². The summed E-state index contributed by atoms with van der Waals surface area (Å²) in [4.78, 5) is 0. The molecule has 1 N–H and O–H groups in total. The van der Waals surface area contributed by atoms with Crippen LogP contribution in [0.15, 0.2) is 12.3 Å². The van der Waals surface area contributed by atoms with Crippen molar-refractivity contribution in [3.05, 3.63) is 23.5 Å². The van der Waals surface area contributed by atoms with E-state index in [2.05, 4.69) is 10.2 Å². The fourth-order valence-corrected chi connectivity index (χ4v) is 0.927. The first-order valence-corrected chi connectivity index (χ1v) is 4.10. The van der Waals surface area contributed by atoms with Gasteiger partial charge in [-0.15, -0.1) is 11.6 Å². The van der Waals surface area contributed by atoms with Crippen LogP contribution in [0.25, 0.3) is 6.08 Å². The van der Waals surface area contributed by atoms with E-state index in [0.717, 1.165) is 17.7 Å². The van der Waals surface area contributed by atoms with Gasteiger partial charge in [0.1, 0.15) is 0 Å². The van der Waals surface area contributed by atoms with E-state index in [0.29, 0.717) is 5.88 Å². The number of nitrogens with zero attached hydrogens (tertiary/aromatic N) is 1. The summed E-state index contributed by atoms with van der Waals surface area (Å²) in [6.45, 7) is 1.99. The minimum Gasteiger partial charge on any atom is -0.282 e. The Balaban J connectivity index is 2.56. The zero-order chi connectivity index (χ0) is 8.10. The first-order chi connectivity index (χ1) is 5.34.